The first kappa shape index (κ1) is 12.7. The number of benzene rings is 2. The normalized spacial score (nSPS) is 11.0. The first-order chi connectivity index (χ1) is 6.93. The van der Waals surface area contributed by atoms with Crippen molar-refractivity contribution in [1.82, 2.24) is 0 Å². The average molecular weight is 234 g/mol. The van der Waals surface area contributed by atoms with Gasteiger partial charge in [0.2, 0.25) is 0 Å². The van der Waals surface area contributed by atoms with Crippen molar-refractivity contribution < 1.29 is 10.2 Å². The van der Waals surface area contributed by atoms with Gasteiger partial charge in [-0.2, -0.15) is 9.90 Å². The highest BCUT2D eigenvalue weighted by Crippen LogP contribution is 2.35. The van der Waals surface area contributed by atoms with E-state index in [0.29, 0.717) is 0 Å². The second kappa shape index (κ2) is 5.11. The minimum atomic E-state index is 0. The Bertz CT molecular complexity index is 395. The van der Waals surface area contributed by atoms with E-state index in [1.54, 1.807) is 0 Å². The van der Waals surface area contributed by atoms with Crippen molar-refractivity contribution in [3.05, 3.63) is 59.7 Å². The van der Waals surface area contributed by atoms with Crippen molar-refractivity contribution in [3.8, 4) is 11.5 Å². The van der Waals surface area contributed by atoms with Gasteiger partial charge in [-0.15, -0.1) is 0 Å². The van der Waals surface area contributed by atoms with Crippen molar-refractivity contribution in [1.29, 1.82) is 0 Å². The lowest BCUT2D eigenvalue weighted by molar-refractivity contribution is 0.460. The van der Waals surface area contributed by atoms with Crippen molar-refractivity contribution >= 4 is 9.90 Å². The minimum absolute atomic E-state index is 0. The zero-order valence-corrected chi connectivity index (χ0v) is 10.4. The quantitative estimate of drug-likeness (QED) is 0.551. The highest BCUT2D eigenvalue weighted by Gasteiger charge is 2.14. The standard InChI is InChI=1S/C13H10O.H2O.H3P/c1-3-7-12-10(5-1)9-11-6-2-4-8-13(11)14-12;;/h1-8H,9H2;1H2;1H3. The molecule has 0 fully saturated rings. The van der Waals surface area contributed by atoms with Crippen LogP contribution in [0, 0.1) is 0 Å². The molecule has 16 heavy (non-hydrogen) atoms. The second-order valence-corrected chi connectivity index (χ2v) is 3.49. The van der Waals surface area contributed by atoms with Crippen LogP contribution in [0.15, 0.2) is 48.5 Å². The molecule has 0 saturated heterocycles. The van der Waals surface area contributed by atoms with Crippen molar-refractivity contribution in [2.24, 2.45) is 0 Å². The van der Waals surface area contributed by atoms with E-state index in [4.69, 9.17) is 4.74 Å². The molecule has 3 rings (SSSR count). The topological polar surface area (TPSA) is 40.7 Å². The summed E-state index contributed by atoms with van der Waals surface area (Å²) in [4.78, 5) is 0. The first-order valence-electron chi connectivity index (χ1n) is 4.77. The molecule has 1 aliphatic rings. The van der Waals surface area contributed by atoms with E-state index in [-0.39, 0.29) is 15.4 Å². The second-order valence-electron chi connectivity index (χ2n) is 3.49. The minimum Gasteiger partial charge on any atom is -0.457 e. The Balaban J connectivity index is 0.000000640. The molecule has 84 valence electrons. The fourth-order valence-corrected chi connectivity index (χ4v) is 1.82. The van der Waals surface area contributed by atoms with Crippen molar-refractivity contribution in [2.45, 2.75) is 6.42 Å². The summed E-state index contributed by atoms with van der Waals surface area (Å²) < 4.78 is 5.78. The maximum atomic E-state index is 5.78. The zero-order valence-electron chi connectivity index (χ0n) is 8.94. The Morgan fingerprint density at radius 1 is 0.750 bits per heavy atom. The molecule has 2 aromatic rings. The van der Waals surface area contributed by atoms with Gasteiger partial charge in [0.05, 0.1) is 0 Å². The Morgan fingerprint density at radius 3 is 1.69 bits per heavy atom. The molecule has 0 radical (unpaired) electrons. The number of hydrogen-bond donors (Lipinski definition) is 0. The van der Waals surface area contributed by atoms with Crippen LogP contribution in [0.2, 0.25) is 0 Å². The van der Waals surface area contributed by atoms with Gasteiger partial charge in [-0.05, 0) is 23.3 Å². The summed E-state index contributed by atoms with van der Waals surface area (Å²) in [5.41, 5.74) is 2.54. The summed E-state index contributed by atoms with van der Waals surface area (Å²) in [7, 11) is 0. The van der Waals surface area contributed by atoms with Crippen LogP contribution in [0.1, 0.15) is 11.1 Å². The molecule has 1 aliphatic heterocycles. The number of para-hydroxylation sites is 2. The van der Waals surface area contributed by atoms with Crippen LogP contribution in [0.4, 0.5) is 0 Å². The van der Waals surface area contributed by atoms with E-state index in [0.717, 1.165) is 17.9 Å². The predicted molar refractivity (Wildman–Crippen MR) is 70.5 cm³/mol. The zero-order chi connectivity index (χ0) is 9.38. The van der Waals surface area contributed by atoms with Crippen LogP contribution in [-0.2, 0) is 6.42 Å². The molecule has 3 heteroatoms. The summed E-state index contributed by atoms with van der Waals surface area (Å²) in [6.45, 7) is 0. The third-order valence-corrected chi connectivity index (χ3v) is 2.55. The van der Waals surface area contributed by atoms with Gasteiger partial charge in [-0.25, -0.2) is 0 Å². The molecule has 1 unspecified atom stereocenters. The molecule has 1 heterocycles. The smallest absolute Gasteiger partial charge is 0.130 e. The van der Waals surface area contributed by atoms with Crippen LogP contribution in [0.5, 0.6) is 11.5 Å². The van der Waals surface area contributed by atoms with Gasteiger partial charge in [0, 0.05) is 6.42 Å². The van der Waals surface area contributed by atoms with Crippen LogP contribution in [0.25, 0.3) is 0 Å². The van der Waals surface area contributed by atoms with Crippen LogP contribution in [-0.4, -0.2) is 5.48 Å². The number of rotatable bonds is 0. The molecule has 0 aromatic heterocycles. The molecular formula is C13H15O2P. The monoisotopic (exact) mass is 234 g/mol. The molecule has 1 atom stereocenters. The third kappa shape index (κ3) is 2.08. The van der Waals surface area contributed by atoms with Crippen LogP contribution in [0.3, 0.4) is 0 Å². The van der Waals surface area contributed by atoms with Gasteiger partial charge in [0.1, 0.15) is 11.5 Å². The molecule has 2 aromatic carbocycles. The molecule has 2 nitrogen and oxygen atoms in total. The maximum Gasteiger partial charge on any atom is 0.130 e. The fourth-order valence-electron chi connectivity index (χ4n) is 1.82. The Morgan fingerprint density at radius 2 is 1.19 bits per heavy atom. The Hall–Kier alpha value is -1.37. The summed E-state index contributed by atoms with van der Waals surface area (Å²) >= 11 is 0. The van der Waals surface area contributed by atoms with E-state index in [2.05, 4.69) is 24.3 Å². The highest BCUT2D eigenvalue weighted by molar-refractivity contribution is 6.92. The molecule has 0 aliphatic carbocycles. The maximum absolute atomic E-state index is 5.78. The molecular weight excluding hydrogens is 219 g/mol. The molecule has 0 saturated carbocycles. The van der Waals surface area contributed by atoms with Gasteiger partial charge >= 0.3 is 0 Å². The lowest BCUT2D eigenvalue weighted by Crippen LogP contribution is -2.01. The fraction of sp³-hybridized carbons (Fsp3) is 0.0769. The lowest BCUT2D eigenvalue weighted by atomic mass is 10.0. The highest BCUT2D eigenvalue weighted by atomic mass is 31.0. The molecule has 0 amide bonds. The van der Waals surface area contributed by atoms with E-state index < -0.39 is 0 Å². The molecule has 0 bridgehead atoms. The van der Waals surface area contributed by atoms with E-state index in [9.17, 15) is 0 Å². The first-order valence-corrected chi connectivity index (χ1v) is 4.77. The van der Waals surface area contributed by atoms with Gasteiger partial charge in [0.25, 0.3) is 0 Å². The largest absolute Gasteiger partial charge is 0.457 e. The molecule has 0 spiro atoms. The summed E-state index contributed by atoms with van der Waals surface area (Å²) in [5, 5.41) is 0. The SMILES string of the molecule is O.P.c1ccc2c(c1)Cc1ccccc1O2. The number of fused-ring (bicyclic) bond motifs is 2. The lowest BCUT2D eigenvalue weighted by Gasteiger charge is -2.19. The predicted octanol–water partition coefficient (Wildman–Crippen LogP) is 2.62. The van der Waals surface area contributed by atoms with E-state index >= 15 is 0 Å². The van der Waals surface area contributed by atoms with Crippen molar-refractivity contribution in [3.63, 3.8) is 0 Å². The van der Waals surface area contributed by atoms with Crippen LogP contribution >= 0.6 is 9.90 Å². The number of ether oxygens (including phenoxy) is 1. The van der Waals surface area contributed by atoms with Crippen LogP contribution < -0.4 is 4.74 Å². The Kier molecular flexibility index (Phi) is 4.05. The van der Waals surface area contributed by atoms with Gasteiger partial charge in [-0.3, -0.25) is 0 Å². The molecule has 2 N–H and O–H groups in total. The van der Waals surface area contributed by atoms with Gasteiger partial charge in [0.15, 0.2) is 0 Å². The van der Waals surface area contributed by atoms with Gasteiger partial charge < -0.3 is 10.2 Å². The number of hydrogen-bond acceptors (Lipinski definition) is 1. The van der Waals surface area contributed by atoms with Gasteiger partial charge in [-0.1, -0.05) is 36.4 Å². The van der Waals surface area contributed by atoms with Crippen molar-refractivity contribution in [2.75, 3.05) is 0 Å². The summed E-state index contributed by atoms with van der Waals surface area (Å²) in [5.74, 6) is 1.98. The van der Waals surface area contributed by atoms with E-state index in [1.807, 2.05) is 24.3 Å². The van der Waals surface area contributed by atoms with E-state index in [1.165, 1.54) is 11.1 Å². The average Bonchev–Trinajstić information content (AvgIpc) is 2.26. The Labute approximate surface area is 98.2 Å². The summed E-state index contributed by atoms with van der Waals surface area (Å²) in [6, 6.07) is 16.4. The third-order valence-electron chi connectivity index (χ3n) is 2.55. The summed E-state index contributed by atoms with van der Waals surface area (Å²) in [6.07, 6.45) is 0.979.